The second kappa shape index (κ2) is 7.67. The summed E-state index contributed by atoms with van der Waals surface area (Å²) in [4.78, 5) is 25.9. The lowest BCUT2D eigenvalue weighted by molar-refractivity contribution is -0.136. The van der Waals surface area contributed by atoms with E-state index >= 15 is 0 Å². The molecule has 27 heavy (non-hydrogen) atoms. The van der Waals surface area contributed by atoms with Crippen LogP contribution in [0.25, 0.3) is 0 Å². The van der Waals surface area contributed by atoms with Gasteiger partial charge in [0.15, 0.2) is 0 Å². The van der Waals surface area contributed by atoms with Crippen molar-refractivity contribution in [2.45, 2.75) is 23.8 Å². The van der Waals surface area contributed by atoms with Crippen LogP contribution in [0.5, 0.6) is 0 Å². The number of anilines is 1. The Bertz CT molecular complexity index is 892. The van der Waals surface area contributed by atoms with E-state index in [1.54, 1.807) is 12.1 Å². The van der Waals surface area contributed by atoms with E-state index in [0.29, 0.717) is 5.69 Å². The van der Waals surface area contributed by atoms with Crippen LogP contribution in [-0.2, 0) is 24.3 Å². The molecule has 1 saturated carbocycles. The third-order valence-corrected chi connectivity index (χ3v) is 5.78. The number of benzene rings is 1. The summed E-state index contributed by atoms with van der Waals surface area (Å²) in [6.45, 7) is -0.159. The van der Waals surface area contributed by atoms with Gasteiger partial charge in [-0.3, -0.25) is 4.79 Å². The van der Waals surface area contributed by atoms with Crippen molar-refractivity contribution < 1.29 is 27.9 Å². The number of aliphatic hydroxyl groups is 1. The highest BCUT2D eigenvalue weighted by molar-refractivity contribution is 7.89. The maximum absolute atomic E-state index is 12.5. The van der Waals surface area contributed by atoms with Crippen LogP contribution in [0.15, 0.2) is 40.4 Å². The molecule has 0 bridgehead atoms. The molecule has 0 spiro atoms. The van der Waals surface area contributed by atoms with Crippen LogP contribution in [0.1, 0.15) is 12.8 Å². The van der Waals surface area contributed by atoms with Crippen LogP contribution in [0.4, 0.5) is 5.69 Å². The SMILES string of the molecule is COC(=O)C1=C(Nc2cccc(S(=O)(=O)NC3CC3)c2)C(=O)N(CCO)C1. The number of hydrogen-bond donors (Lipinski definition) is 3. The van der Waals surface area contributed by atoms with Crippen LogP contribution in [-0.4, -0.2) is 63.1 Å². The van der Waals surface area contributed by atoms with Gasteiger partial charge in [0.25, 0.3) is 5.91 Å². The lowest BCUT2D eigenvalue weighted by Crippen LogP contribution is -2.31. The Hall–Kier alpha value is -2.43. The van der Waals surface area contributed by atoms with Crippen molar-refractivity contribution in [3.05, 3.63) is 35.5 Å². The number of rotatable bonds is 8. The minimum absolute atomic E-state index is 0.00955. The van der Waals surface area contributed by atoms with Gasteiger partial charge in [-0.15, -0.1) is 0 Å². The number of sulfonamides is 1. The predicted octanol–water partition coefficient (Wildman–Crippen LogP) is -0.199. The predicted molar refractivity (Wildman–Crippen MR) is 96.1 cm³/mol. The van der Waals surface area contributed by atoms with Crippen molar-refractivity contribution in [1.29, 1.82) is 0 Å². The molecule has 3 N–H and O–H groups in total. The number of amides is 1. The zero-order valence-electron chi connectivity index (χ0n) is 14.8. The monoisotopic (exact) mass is 395 g/mol. The molecule has 1 heterocycles. The van der Waals surface area contributed by atoms with Gasteiger partial charge in [-0.05, 0) is 31.0 Å². The normalized spacial score (nSPS) is 17.4. The maximum Gasteiger partial charge on any atom is 0.337 e. The molecule has 1 aliphatic heterocycles. The quantitative estimate of drug-likeness (QED) is 0.521. The van der Waals surface area contributed by atoms with Gasteiger partial charge in [-0.2, -0.15) is 0 Å². The van der Waals surface area contributed by atoms with E-state index in [2.05, 4.69) is 10.0 Å². The van der Waals surface area contributed by atoms with Crippen LogP contribution >= 0.6 is 0 Å². The molecule has 1 amide bonds. The van der Waals surface area contributed by atoms with Crippen molar-refractivity contribution in [3.63, 3.8) is 0 Å². The standard InChI is InChI=1S/C17H21N3O6S/c1-26-17(23)14-10-20(7-8-21)16(22)15(14)18-12-3-2-4-13(9-12)27(24,25)19-11-5-6-11/h2-4,9,11,18-19,21H,5-8,10H2,1H3. The lowest BCUT2D eigenvalue weighted by atomic mass is 10.2. The summed E-state index contributed by atoms with van der Waals surface area (Å²) in [5.74, 6) is -1.13. The van der Waals surface area contributed by atoms with Crippen LogP contribution in [0, 0.1) is 0 Å². The first-order valence-corrected chi connectivity index (χ1v) is 9.95. The first-order chi connectivity index (χ1) is 12.9. The van der Waals surface area contributed by atoms with Gasteiger partial charge in [-0.25, -0.2) is 17.9 Å². The summed E-state index contributed by atoms with van der Waals surface area (Å²) in [5, 5.41) is 11.9. The van der Waals surface area contributed by atoms with E-state index < -0.39 is 21.9 Å². The molecule has 0 unspecified atom stereocenters. The summed E-state index contributed by atoms with van der Waals surface area (Å²) in [5.41, 5.74) is 0.490. The zero-order valence-corrected chi connectivity index (χ0v) is 15.6. The number of ether oxygens (including phenoxy) is 1. The zero-order chi connectivity index (χ0) is 19.6. The molecular weight excluding hydrogens is 374 g/mol. The fourth-order valence-electron chi connectivity index (χ4n) is 2.72. The molecule has 1 fully saturated rings. The Morgan fingerprint density at radius 1 is 1.37 bits per heavy atom. The Morgan fingerprint density at radius 3 is 2.74 bits per heavy atom. The molecule has 0 saturated heterocycles. The molecule has 10 heteroatoms. The Balaban J connectivity index is 1.87. The molecule has 146 valence electrons. The number of esters is 1. The number of nitrogens with zero attached hydrogens (tertiary/aromatic N) is 1. The van der Waals surface area contributed by atoms with Gasteiger partial charge in [0.05, 0.1) is 30.7 Å². The van der Waals surface area contributed by atoms with E-state index in [0.717, 1.165) is 12.8 Å². The van der Waals surface area contributed by atoms with E-state index in [1.165, 1.54) is 24.1 Å². The first kappa shape index (κ1) is 19.3. The molecule has 0 aromatic heterocycles. The fourth-order valence-corrected chi connectivity index (χ4v) is 4.07. The number of nitrogens with one attached hydrogen (secondary N) is 2. The summed E-state index contributed by atoms with van der Waals surface area (Å²) in [6.07, 6.45) is 1.64. The Labute approximate surface area is 157 Å². The molecule has 0 radical (unpaired) electrons. The van der Waals surface area contributed by atoms with Crippen molar-refractivity contribution in [1.82, 2.24) is 9.62 Å². The van der Waals surface area contributed by atoms with Gasteiger partial charge >= 0.3 is 5.97 Å². The van der Waals surface area contributed by atoms with Crippen LogP contribution in [0.2, 0.25) is 0 Å². The number of hydrogen-bond acceptors (Lipinski definition) is 7. The molecule has 9 nitrogen and oxygen atoms in total. The average Bonchev–Trinajstić information content (AvgIpc) is 3.40. The highest BCUT2D eigenvalue weighted by atomic mass is 32.2. The lowest BCUT2D eigenvalue weighted by Gasteiger charge is -2.15. The summed E-state index contributed by atoms with van der Waals surface area (Å²) >= 11 is 0. The van der Waals surface area contributed by atoms with Crippen molar-refractivity contribution in [2.24, 2.45) is 0 Å². The average molecular weight is 395 g/mol. The number of carbonyl (C=O) groups excluding carboxylic acids is 2. The van der Waals surface area contributed by atoms with Crippen molar-refractivity contribution >= 4 is 27.6 Å². The van der Waals surface area contributed by atoms with Crippen LogP contribution < -0.4 is 10.0 Å². The van der Waals surface area contributed by atoms with Crippen molar-refractivity contribution in [2.75, 3.05) is 32.1 Å². The Kier molecular flexibility index (Phi) is 5.49. The number of aliphatic hydroxyl groups excluding tert-OH is 1. The highest BCUT2D eigenvalue weighted by Crippen LogP contribution is 2.26. The molecule has 1 aromatic rings. The van der Waals surface area contributed by atoms with E-state index in [4.69, 9.17) is 9.84 Å². The fraction of sp³-hybridized carbons (Fsp3) is 0.412. The smallest absolute Gasteiger partial charge is 0.337 e. The van der Waals surface area contributed by atoms with Crippen molar-refractivity contribution in [3.8, 4) is 0 Å². The van der Waals surface area contributed by atoms with Gasteiger partial charge in [0.2, 0.25) is 10.0 Å². The minimum Gasteiger partial charge on any atom is -0.466 e. The number of carbonyl (C=O) groups is 2. The third-order valence-electron chi connectivity index (χ3n) is 4.27. The summed E-state index contributed by atoms with van der Waals surface area (Å²) < 4.78 is 32.0. The molecule has 1 aromatic carbocycles. The number of methoxy groups -OCH3 is 1. The van der Waals surface area contributed by atoms with Gasteiger partial charge in [-0.1, -0.05) is 6.07 Å². The largest absolute Gasteiger partial charge is 0.466 e. The molecule has 3 rings (SSSR count). The molecular formula is C17H21N3O6S. The first-order valence-electron chi connectivity index (χ1n) is 8.46. The second-order valence-electron chi connectivity index (χ2n) is 6.34. The molecule has 2 aliphatic rings. The second-order valence-corrected chi connectivity index (χ2v) is 8.06. The topological polar surface area (TPSA) is 125 Å². The van der Waals surface area contributed by atoms with Gasteiger partial charge < -0.3 is 20.1 Å². The van der Waals surface area contributed by atoms with E-state index in [9.17, 15) is 18.0 Å². The highest BCUT2D eigenvalue weighted by Gasteiger charge is 2.34. The maximum atomic E-state index is 12.5. The molecule has 0 atom stereocenters. The third kappa shape index (κ3) is 4.29. The summed E-state index contributed by atoms with van der Waals surface area (Å²) in [6, 6.07) is 5.98. The van der Waals surface area contributed by atoms with Crippen LogP contribution in [0.3, 0.4) is 0 Å². The van der Waals surface area contributed by atoms with E-state index in [1.807, 2.05) is 0 Å². The van der Waals surface area contributed by atoms with E-state index in [-0.39, 0.29) is 41.9 Å². The summed E-state index contributed by atoms with van der Waals surface area (Å²) in [7, 11) is -2.44. The minimum atomic E-state index is -3.65. The number of β-amino-alcohol motifs (C(OH)–C–C–N with tert-alkyl or cyclic N) is 1. The van der Waals surface area contributed by atoms with Gasteiger partial charge in [0.1, 0.15) is 5.70 Å². The van der Waals surface area contributed by atoms with Gasteiger partial charge in [0, 0.05) is 18.3 Å². The molecule has 1 aliphatic carbocycles. The Morgan fingerprint density at radius 2 is 2.11 bits per heavy atom.